The maximum absolute atomic E-state index is 4.89. The highest BCUT2D eigenvalue weighted by atomic mass is 15.1. The largest absolute Gasteiger partial charge is 0.297 e. The van der Waals surface area contributed by atoms with Crippen LogP contribution in [0.4, 0.5) is 0 Å². The van der Waals surface area contributed by atoms with Gasteiger partial charge in [0.1, 0.15) is 5.52 Å². The lowest BCUT2D eigenvalue weighted by molar-refractivity contribution is -0.617. The van der Waals surface area contributed by atoms with Gasteiger partial charge in [-0.15, -0.1) is 0 Å². The summed E-state index contributed by atoms with van der Waals surface area (Å²) >= 11 is 0. The van der Waals surface area contributed by atoms with Crippen LogP contribution in [0.3, 0.4) is 0 Å². The number of pyridine rings is 2. The normalized spacial score (nSPS) is 18.3. The zero-order valence-electron chi connectivity index (χ0n) is 21.2. The molecule has 0 bridgehead atoms. The number of nitrogens with zero attached hydrogens (tertiary/aromatic N) is 3. The van der Waals surface area contributed by atoms with E-state index in [1.807, 2.05) is 6.20 Å². The van der Waals surface area contributed by atoms with Gasteiger partial charge in [0.25, 0.3) is 5.65 Å². The second-order valence-electron chi connectivity index (χ2n) is 11.2. The summed E-state index contributed by atoms with van der Waals surface area (Å²) in [5, 5.41) is 2.52. The lowest BCUT2D eigenvalue weighted by Gasteiger charge is -2.29. The Labute approximate surface area is 207 Å². The lowest BCUT2D eigenvalue weighted by Crippen LogP contribution is -2.28. The van der Waals surface area contributed by atoms with Crippen LogP contribution in [-0.4, -0.2) is 9.38 Å². The molecule has 0 unspecified atom stereocenters. The van der Waals surface area contributed by atoms with Gasteiger partial charge < -0.3 is 0 Å². The highest BCUT2D eigenvalue weighted by Gasteiger charge is 2.30. The fraction of sp³-hybridized carbons (Fsp3) is 0.438. The minimum absolute atomic E-state index is 0.719. The summed E-state index contributed by atoms with van der Waals surface area (Å²) in [4.78, 5) is 4.89. The lowest BCUT2D eigenvalue weighted by atomic mass is 9.76. The van der Waals surface area contributed by atoms with E-state index < -0.39 is 0 Å². The van der Waals surface area contributed by atoms with Gasteiger partial charge in [0.2, 0.25) is 0 Å². The zero-order valence-corrected chi connectivity index (χ0v) is 21.2. The van der Waals surface area contributed by atoms with Crippen LogP contribution in [-0.2, 0) is 7.05 Å². The number of hydrogen-bond donors (Lipinski definition) is 0. The first-order valence-corrected chi connectivity index (χ1v) is 13.9. The third-order valence-corrected chi connectivity index (χ3v) is 9.18. The van der Waals surface area contributed by atoms with Crippen molar-refractivity contribution in [3.05, 3.63) is 65.4 Å². The molecule has 3 nitrogen and oxygen atoms in total. The van der Waals surface area contributed by atoms with E-state index in [-0.39, 0.29) is 0 Å². The van der Waals surface area contributed by atoms with Crippen LogP contribution in [0.25, 0.3) is 38.5 Å². The Morgan fingerprint density at radius 2 is 1.46 bits per heavy atom. The Balaban J connectivity index is 1.63. The van der Waals surface area contributed by atoms with E-state index in [2.05, 4.69) is 65.4 Å². The molecule has 0 spiro atoms. The number of fused-ring (bicyclic) bond motifs is 8. The fourth-order valence-electron chi connectivity index (χ4n) is 7.41. The van der Waals surface area contributed by atoms with Gasteiger partial charge in [-0.25, -0.2) is 4.57 Å². The fourth-order valence-corrected chi connectivity index (χ4v) is 7.41. The number of imidazole rings is 1. The molecule has 0 saturated heterocycles. The zero-order chi connectivity index (χ0) is 23.5. The summed E-state index contributed by atoms with van der Waals surface area (Å²) in [5.74, 6) is 1.45. The molecule has 35 heavy (non-hydrogen) atoms. The van der Waals surface area contributed by atoms with Crippen LogP contribution < -0.4 is 4.57 Å². The number of hydrogen-bond acceptors (Lipinski definition) is 1. The number of aromatic nitrogens is 3. The van der Waals surface area contributed by atoms with Crippen molar-refractivity contribution in [2.75, 3.05) is 0 Å². The number of rotatable bonds is 2. The van der Waals surface area contributed by atoms with Gasteiger partial charge in [0, 0.05) is 11.6 Å². The molecule has 0 radical (unpaired) electrons. The Kier molecular flexibility index (Phi) is 5.08. The maximum Gasteiger partial charge on any atom is 0.297 e. The highest BCUT2D eigenvalue weighted by molar-refractivity contribution is 6.11. The molecule has 7 rings (SSSR count). The van der Waals surface area contributed by atoms with Crippen molar-refractivity contribution in [2.45, 2.75) is 83.0 Å². The van der Waals surface area contributed by atoms with Gasteiger partial charge in [-0.3, -0.25) is 4.98 Å². The Morgan fingerprint density at radius 1 is 0.800 bits per heavy atom. The Hall–Kier alpha value is -2.94. The van der Waals surface area contributed by atoms with Gasteiger partial charge >= 0.3 is 0 Å². The summed E-state index contributed by atoms with van der Waals surface area (Å²) in [6.45, 7) is 2.23. The van der Waals surface area contributed by atoms with Gasteiger partial charge in [-0.2, -0.15) is 4.40 Å². The smallest absolute Gasteiger partial charge is 0.255 e. The highest BCUT2D eigenvalue weighted by Crippen LogP contribution is 2.43. The van der Waals surface area contributed by atoms with Crippen LogP contribution in [0.15, 0.2) is 48.7 Å². The third-order valence-electron chi connectivity index (χ3n) is 9.18. The summed E-state index contributed by atoms with van der Waals surface area (Å²) in [7, 11) is 2.27. The summed E-state index contributed by atoms with van der Waals surface area (Å²) < 4.78 is 4.99. The Bertz CT molecular complexity index is 1580. The van der Waals surface area contributed by atoms with E-state index in [1.54, 1.807) is 11.1 Å². The number of aryl methyl sites for hydroxylation is 2. The molecule has 2 aromatic carbocycles. The number of benzene rings is 2. The average molecular weight is 463 g/mol. The van der Waals surface area contributed by atoms with Gasteiger partial charge in [-0.05, 0) is 91.5 Å². The van der Waals surface area contributed by atoms with Crippen molar-refractivity contribution in [3.8, 4) is 0 Å². The van der Waals surface area contributed by atoms with E-state index in [4.69, 9.17) is 4.98 Å². The monoisotopic (exact) mass is 462 g/mol. The molecular weight excluding hydrogens is 426 g/mol. The molecule has 2 saturated carbocycles. The van der Waals surface area contributed by atoms with E-state index in [1.165, 1.54) is 103 Å². The van der Waals surface area contributed by atoms with E-state index >= 15 is 0 Å². The molecule has 5 aromatic rings. The molecule has 0 amide bonds. The first-order valence-electron chi connectivity index (χ1n) is 13.9. The number of para-hydroxylation sites is 1. The summed E-state index contributed by atoms with van der Waals surface area (Å²) in [6.07, 6.45) is 15.7. The molecular formula is C32H36N3+. The minimum Gasteiger partial charge on any atom is -0.255 e. The quantitative estimate of drug-likeness (QED) is 0.192. The van der Waals surface area contributed by atoms with E-state index in [0.29, 0.717) is 0 Å². The van der Waals surface area contributed by atoms with Crippen LogP contribution in [0.5, 0.6) is 0 Å². The van der Waals surface area contributed by atoms with Crippen LogP contribution >= 0.6 is 0 Å². The SMILES string of the molecule is Cc1ccnc2c3ccccc3n3c4cc(C5CCCCC5)c(C5CCCCC5)cc4[n+](C)c3c12. The average Bonchev–Trinajstić information content (AvgIpc) is 3.21. The molecule has 2 aliphatic carbocycles. The van der Waals surface area contributed by atoms with Gasteiger partial charge in [0.15, 0.2) is 11.0 Å². The molecule has 2 aliphatic rings. The van der Waals surface area contributed by atoms with Crippen molar-refractivity contribution in [1.29, 1.82) is 0 Å². The first kappa shape index (κ1) is 21.4. The third kappa shape index (κ3) is 3.23. The molecule has 0 N–H and O–H groups in total. The molecule has 3 heterocycles. The molecule has 0 aliphatic heterocycles. The van der Waals surface area contributed by atoms with E-state index in [9.17, 15) is 0 Å². The van der Waals surface area contributed by atoms with Gasteiger partial charge in [-0.1, -0.05) is 50.7 Å². The second kappa shape index (κ2) is 8.33. The van der Waals surface area contributed by atoms with Crippen molar-refractivity contribution in [1.82, 2.24) is 9.38 Å². The van der Waals surface area contributed by atoms with Crippen molar-refractivity contribution in [3.63, 3.8) is 0 Å². The predicted octanol–water partition coefficient (Wildman–Crippen LogP) is 8.02. The molecule has 178 valence electrons. The van der Waals surface area contributed by atoms with Crippen molar-refractivity contribution < 1.29 is 4.57 Å². The van der Waals surface area contributed by atoms with Crippen molar-refractivity contribution >= 4 is 38.5 Å². The maximum atomic E-state index is 4.89. The van der Waals surface area contributed by atoms with Crippen LogP contribution in [0.2, 0.25) is 0 Å². The predicted molar refractivity (Wildman–Crippen MR) is 145 cm³/mol. The Morgan fingerprint density at radius 3 is 2.17 bits per heavy atom. The van der Waals surface area contributed by atoms with Crippen molar-refractivity contribution in [2.24, 2.45) is 7.05 Å². The summed E-state index contributed by atoms with van der Waals surface area (Å²) in [6, 6.07) is 16.2. The molecule has 2 fully saturated rings. The van der Waals surface area contributed by atoms with Gasteiger partial charge in [0.05, 0.1) is 18.0 Å². The second-order valence-corrected chi connectivity index (χ2v) is 11.2. The summed E-state index contributed by atoms with van der Waals surface area (Å²) in [5.41, 5.74) is 11.0. The topological polar surface area (TPSA) is 21.2 Å². The van der Waals surface area contributed by atoms with Crippen LogP contribution in [0.1, 0.15) is 92.7 Å². The molecule has 0 atom stereocenters. The molecule has 3 heteroatoms. The van der Waals surface area contributed by atoms with E-state index in [0.717, 1.165) is 17.4 Å². The van der Waals surface area contributed by atoms with Crippen LogP contribution in [0, 0.1) is 6.92 Å². The first-order chi connectivity index (χ1) is 17.2. The molecule has 3 aromatic heterocycles. The minimum atomic E-state index is 0.719. The standard InChI is InChI=1S/C32H36N3/c1-21-17-18-33-31-24-15-9-10-16-27(24)35-29-20-26(23-13-7-4-8-14-23)25(22-11-5-3-6-12-22)19-28(29)34(2)32(35)30(21)31/h9-10,15-20,22-23H,3-8,11-14H2,1-2H3/q+1.